The van der Waals surface area contributed by atoms with Crippen molar-refractivity contribution in [2.45, 2.75) is 6.54 Å². The third-order valence-corrected chi connectivity index (χ3v) is 5.11. The summed E-state index contributed by atoms with van der Waals surface area (Å²) in [6, 6.07) is 10.9. The number of benzene rings is 1. The molecule has 1 aliphatic rings. The van der Waals surface area contributed by atoms with Crippen LogP contribution in [-0.2, 0) is 6.54 Å². The van der Waals surface area contributed by atoms with Gasteiger partial charge in [-0.05, 0) is 23.1 Å². The monoisotopic (exact) mass is 359 g/mol. The topological polar surface area (TPSA) is 74.0 Å². The number of nitro groups is 1. The predicted octanol–water partition coefficient (Wildman–Crippen LogP) is 2.55. The Morgan fingerprint density at radius 3 is 2.72 bits per heavy atom. The summed E-state index contributed by atoms with van der Waals surface area (Å²) in [5.41, 5.74) is 0.978. The Labute approximate surface area is 150 Å². The fraction of sp³-hybridized carbons (Fsp3) is 0.353. The highest BCUT2D eigenvalue weighted by Gasteiger charge is 2.20. The van der Waals surface area contributed by atoms with Gasteiger partial charge in [-0.1, -0.05) is 12.1 Å². The van der Waals surface area contributed by atoms with Gasteiger partial charge in [-0.15, -0.1) is 11.3 Å². The van der Waals surface area contributed by atoms with E-state index >= 15 is 0 Å². The van der Waals surface area contributed by atoms with Gasteiger partial charge in [-0.2, -0.15) is 0 Å². The first-order chi connectivity index (χ1) is 12.2. The van der Waals surface area contributed by atoms with Crippen LogP contribution in [0, 0.1) is 10.1 Å². The Balaban J connectivity index is 1.55. The molecule has 0 amide bonds. The van der Waals surface area contributed by atoms with Gasteiger partial charge in [0.15, 0.2) is 5.96 Å². The quantitative estimate of drug-likeness (QED) is 0.393. The van der Waals surface area contributed by atoms with Crippen molar-refractivity contribution >= 4 is 28.0 Å². The molecule has 1 aliphatic heterocycles. The van der Waals surface area contributed by atoms with Gasteiger partial charge in [0, 0.05) is 51.9 Å². The summed E-state index contributed by atoms with van der Waals surface area (Å²) in [7, 11) is 1.77. The first kappa shape index (κ1) is 17.2. The number of rotatable bonds is 4. The molecule has 7 nitrogen and oxygen atoms in total. The van der Waals surface area contributed by atoms with E-state index in [9.17, 15) is 10.1 Å². The lowest BCUT2D eigenvalue weighted by Gasteiger charge is -2.37. The summed E-state index contributed by atoms with van der Waals surface area (Å²) < 4.78 is 0. The maximum Gasteiger partial charge on any atom is 0.269 e. The highest BCUT2D eigenvalue weighted by atomic mass is 32.1. The van der Waals surface area contributed by atoms with E-state index in [0.717, 1.165) is 37.7 Å². The summed E-state index contributed by atoms with van der Waals surface area (Å²) in [5, 5.41) is 17.6. The number of anilines is 1. The number of aliphatic imine (C=N–C) groups is 1. The number of non-ortho nitro benzene ring substituents is 1. The smallest absolute Gasteiger partial charge is 0.269 e. The standard InChI is InChI=1S/C17H21N5O2S/c1-18-17(19-13-14-4-2-5-15(12-14)22(23)24)21-9-7-20(8-10-21)16-6-3-11-25-16/h2-6,11-12H,7-10,13H2,1H3,(H,18,19). The van der Waals surface area contributed by atoms with Gasteiger partial charge in [-0.3, -0.25) is 15.1 Å². The second-order valence-corrected chi connectivity index (χ2v) is 6.68. The van der Waals surface area contributed by atoms with Crippen molar-refractivity contribution in [3.05, 3.63) is 57.5 Å². The van der Waals surface area contributed by atoms with E-state index in [-0.39, 0.29) is 10.6 Å². The lowest BCUT2D eigenvalue weighted by atomic mass is 10.2. The Morgan fingerprint density at radius 2 is 2.08 bits per heavy atom. The SMILES string of the molecule is CN=C(NCc1cccc([N+](=O)[O-])c1)N1CCN(c2cccs2)CC1. The molecule has 25 heavy (non-hydrogen) atoms. The van der Waals surface area contributed by atoms with Crippen LogP contribution in [0.15, 0.2) is 46.8 Å². The van der Waals surface area contributed by atoms with E-state index in [2.05, 4.69) is 37.6 Å². The molecule has 1 aromatic carbocycles. The van der Waals surface area contributed by atoms with E-state index < -0.39 is 0 Å². The Bertz CT molecular complexity index is 739. The van der Waals surface area contributed by atoms with Crippen molar-refractivity contribution in [2.24, 2.45) is 4.99 Å². The van der Waals surface area contributed by atoms with Gasteiger partial charge in [0.2, 0.25) is 0 Å². The van der Waals surface area contributed by atoms with Crippen LogP contribution in [0.25, 0.3) is 0 Å². The van der Waals surface area contributed by atoms with Crippen LogP contribution in [0.5, 0.6) is 0 Å². The Kier molecular flexibility index (Phi) is 5.49. The number of hydrogen-bond donors (Lipinski definition) is 1. The van der Waals surface area contributed by atoms with Crippen molar-refractivity contribution in [1.82, 2.24) is 10.2 Å². The third-order valence-electron chi connectivity index (χ3n) is 4.18. The average molecular weight is 359 g/mol. The van der Waals surface area contributed by atoms with Crippen LogP contribution in [0.2, 0.25) is 0 Å². The second-order valence-electron chi connectivity index (χ2n) is 5.75. The zero-order chi connectivity index (χ0) is 17.6. The molecule has 0 aliphatic carbocycles. The molecule has 0 radical (unpaired) electrons. The minimum atomic E-state index is -0.373. The number of nitrogens with one attached hydrogen (secondary N) is 1. The molecule has 3 rings (SSSR count). The van der Waals surface area contributed by atoms with Crippen LogP contribution in [-0.4, -0.2) is 49.0 Å². The molecule has 1 fully saturated rings. The van der Waals surface area contributed by atoms with Gasteiger partial charge in [0.25, 0.3) is 5.69 Å². The van der Waals surface area contributed by atoms with Gasteiger partial charge >= 0.3 is 0 Å². The summed E-state index contributed by atoms with van der Waals surface area (Å²) in [5.74, 6) is 0.831. The van der Waals surface area contributed by atoms with Crippen LogP contribution in [0.4, 0.5) is 10.7 Å². The number of piperazine rings is 1. The molecule has 1 aromatic heterocycles. The van der Waals surface area contributed by atoms with Gasteiger partial charge in [-0.25, -0.2) is 0 Å². The van der Waals surface area contributed by atoms with E-state index in [1.807, 2.05) is 6.07 Å². The number of hydrogen-bond acceptors (Lipinski definition) is 5. The number of nitrogens with zero attached hydrogens (tertiary/aromatic N) is 4. The van der Waals surface area contributed by atoms with Crippen molar-refractivity contribution < 1.29 is 4.92 Å². The Hall–Kier alpha value is -2.61. The van der Waals surface area contributed by atoms with Crippen LogP contribution < -0.4 is 10.2 Å². The maximum atomic E-state index is 10.9. The largest absolute Gasteiger partial charge is 0.360 e. The van der Waals surface area contributed by atoms with Crippen LogP contribution in [0.1, 0.15) is 5.56 Å². The van der Waals surface area contributed by atoms with E-state index in [1.54, 1.807) is 30.5 Å². The minimum absolute atomic E-state index is 0.110. The van der Waals surface area contributed by atoms with Gasteiger partial charge in [0.05, 0.1) is 9.92 Å². The normalized spacial score (nSPS) is 15.3. The molecule has 2 heterocycles. The molecule has 132 valence electrons. The van der Waals surface area contributed by atoms with Crippen molar-refractivity contribution in [1.29, 1.82) is 0 Å². The molecular weight excluding hydrogens is 338 g/mol. The number of thiophene rings is 1. The number of guanidine groups is 1. The average Bonchev–Trinajstić information content (AvgIpc) is 3.18. The zero-order valence-corrected chi connectivity index (χ0v) is 14.9. The molecule has 1 saturated heterocycles. The summed E-state index contributed by atoms with van der Waals surface area (Å²) in [6.45, 7) is 4.22. The first-order valence-electron chi connectivity index (χ1n) is 8.15. The van der Waals surface area contributed by atoms with E-state index in [0.29, 0.717) is 6.54 Å². The van der Waals surface area contributed by atoms with Crippen LogP contribution >= 0.6 is 11.3 Å². The fourth-order valence-electron chi connectivity index (χ4n) is 2.88. The van der Waals surface area contributed by atoms with Gasteiger partial charge in [0.1, 0.15) is 0 Å². The Morgan fingerprint density at radius 1 is 1.28 bits per heavy atom. The predicted molar refractivity (Wildman–Crippen MR) is 101 cm³/mol. The molecule has 0 spiro atoms. The molecular formula is C17H21N5O2S. The van der Waals surface area contributed by atoms with E-state index in [4.69, 9.17) is 0 Å². The summed E-state index contributed by atoms with van der Waals surface area (Å²) in [4.78, 5) is 19.5. The second kappa shape index (κ2) is 7.98. The van der Waals surface area contributed by atoms with Crippen molar-refractivity contribution in [2.75, 3.05) is 38.1 Å². The molecule has 0 atom stereocenters. The molecule has 0 unspecified atom stereocenters. The molecule has 0 bridgehead atoms. The molecule has 8 heteroatoms. The zero-order valence-electron chi connectivity index (χ0n) is 14.1. The summed E-state index contributed by atoms with van der Waals surface area (Å²) in [6.07, 6.45) is 0. The maximum absolute atomic E-state index is 10.9. The van der Waals surface area contributed by atoms with Crippen molar-refractivity contribution in [3.8, 4) is 0 Å². The minimum Gasteiger partial charge on any atom is -0.360 e. The first-order valence-corrected chi connectivity index (χ1v) is 9.02. The fourth-order valence-corrected chi connectivity index (χ4v) is 3.67. The highest BCUT2D eigenvalue weighted by molar-refractivity contribution is 7.14. The molecule has 0 saturated carbocycles. The van der Waals surface area contributed by atoms with E-state index in [1.165, 1.54) is 11.1 Å². The molecule has 1 N–H and O–H groups in total. The third kappa shape index (κ3) is 4.27. The van der Waals surface area contributed by atoms with Gasteiger partial charge < -0.3 is 15.1 Å². The summed E-state index contributed by atoms with van der Waals surface area (Å²) >= 11 is 1.76. The number of nitro benzene ring substituents is 1. The lowest BCUT2D eigenvalue weighted by Crippen LogP contribution is -2.52. The molecule has 2 aromatic rings. The highest BCUT2D eigenvalue weighted by Crippen LogP contribution is 2.22. The van der Waals surface area contributed by atoms with Crippen molar-refractivity contribution in [3.63, 3.8) is 0 Å². The lowest BCUT2D eigenvalue weighted by molar-refractivity contribution is -0.384. The van der Waals surface area contributed by atoms with Crippen LogP contribution in [0.3, 0.4) is 0 Å².